The number of rotatable bonds is 13. The smallest absolute Gasteiger partial charge is 0.264 e. The van der Waals surface area contributed by atoms with Crippen LogP contribution >= 0.6 is 23.2 Å². The highest BCUT2D eigenvalue weighted by atomic mass is 35.5. The van der Waals surface area contributed by atoms with Crippen molar-refractivity contribution >= 4 is 50.7 Å². The lowest BCUT2D eigenvalue weighted by Crippen LogP contribution is -2.52. The van der Waals surface area contributed by atoms with Crippen LogP contribution in [0.4, 0.5) is 10.1 Å². The van der Waals surface area contributed by atoms with Crippen molar-refractivity contribution in [1.29, 1.82) is 0 Å². The fraction of sp³-hybridized carbons (Fsp3) is 0.333. The molecule has 3 rings (SSSR count). The molecule has 0 aliphatic rings. The monoisotopic (exact) mass is 621 g/mol. The number of halogens is 3. The standard InChI is InChI=1S/C30H34Cl2FN3O4S/c1-4-6-17-34-30(38)28(5-2)35(19-22-9-10-23(31)18-27(22)32)29(37)20-36(25-13-11-24(33)12-14-25)41(39,40)26-15-7-21(3)8-16-26/h7-16,18,28H,4-6,17,19-20H2,1-3H3,(H,34,38)/t28-/m1/s1. The van der Waals surface area contributed by atoms with Crippen LogP contribution in [0.25, 0.3) is 0 Å². The van der Waals surface area contributed by atoms with Crippen LogP contribution in [-0.2, 0) is 26.2 Å². The van der Waals surface area contributed by atoms with Crippen LogP contribution in [0.5, 0.6) is 0 Å². The van der Waals surface area contributed by atoms with E-state index in [0.717, 1.165) is 34.8 Å². The molecular weight excluding hydrogens is 588 g/mol. The van der Waals surface area contributed by atoms with Crippen LogP contribution < -0.4 is 9.62 Å². The Balaban J connectivity index is 2.05. The van der Waals surface area contributed by atoms with Gasteiger partial charge in [0.1, 0.15) is 18.4 Å². The molecule has 0 aliphatic heterocycles. The molecule has 0 unspecified atom stereocenters. The number of aryl methyl sites for hydroxylation is 1. The minimum Gasteiger partial charge on any atom is -0.354 e. The molecule has 41 heavy (non-hydrogen) atoms. The molecule has 1 N–H and O–H groups in total. The van der Waals surface area contributed by atoms with E-state index in [2.05, 4.69) is 5.32 Å². The van der Waals surface area contributed by atoms with Gasteiger partial charge in [0.2, 0.25) is 11.8 Å². The first kappa shape index (κ1) is 32.4. The first-order valence-corrected chi connectivity index (χ1v) is 15.5. The van der Waals surface area contributed by atoms with Gasteiger partial charge < -0.3 is 10.2 Å². The van der Waals surface area contributed by atoms with Crippen molar-refractivity contribution < 1.29 is 22.4 Å². The van der Waals surface area contributed by atoms with E-state index in [9.17, 15) is 22.4 Å². The number of hydrogen-bond donors (Lipinski definition) is 1. The number of benzene rings is 3. The van der Waals surface area contributed by atoms with E-state index in [1.165, 1.54) is 35.2 Å². The van der Waals surface area contributed by atoms with Crippen LogP contribution in [0, 0.1) is 12.7 Å². The van der Waals surface area contributed by atoms with Gasteiger partial charge >= 0.3 is 0 Å². The van der Waals surface area contributed by atoms with Gasteiger partial charge in [-0.15, -0.1) is 0 Å². The maximum atomic E-state index is 14.0. The molecule has 0 saturated heterocycles. The average molecular weight is 623 g/mol. The number of anilines is 1. The Hall–Kier alpha value is -3.14. The predicted octanol–water partition coefficient (Wildman–Crippen LogP) is 6.36. The molecule has 0 saturated carbocycles. The average Bonchev–Trinajstić information content (AvgIpc) is 2.93. The molecule has 11 heteroatoms. The number of nitrogens with one attached hydrogen (secondary N) is 1. The Morgan fingerprint density at radius 3 is 2.22 bits per heavy atom. The number of carbonyl (C=O) groups excluding carboxylic acids is 2. The van der Waals surface area contributed by atoms with E-state index in [1.807, 2.05) is 13.8 Å². The lowest BCUT2D eigenvalue weighted by Gasteiger charge is -2.33. The Morgan fingerprint density at radius 2 is 1.63 bits per heavy atom. The Bertz CT molecular complexity index is 1450. The molecule has 220 valence electrons. The summed E-state index contributed by atoms with van der Waals surface area (Å²) in [4.78, 5) is 28.6. The molecule has 3 aromatic rings. The quantitative estimate of drug-likeness (QED) is 0.225. The number of sulfonamides is 1. The van der Waals surface area contributed by atoms with Crippen molar-refractivity contribution in [2.75, 3.05) is 17.4 Å². The fourth-order valence-electron chi connectivity index (χ4n) is 4.23. The maximum absolute atomic E-state index is 14.0. The molecule has 1 atom stereocenters. The molecule has 0 bridgehead atoms. The summed E-state index contributed by atoms with van der Waals surface area (Å²) in [5, 5.41) is 3.59. The van der Waals surface area contributed by atoms with Gasteiger partial charge in [0.15, 0.2) is 0 Å². The summed E-state index contributed by atoms with van der Waals surface area (Å²) >= 11 is 12.5. The minimum absolute atomic E-state index is 0.0307. The first-order valence-electron chi connectivity index (χ1n) is 13.3. The Kier molecular flexibility index (Phi) is 11.6. The van der Waals surface area contributed by atoms with E-state index in [1.54, 1.807) is 31.2 Å². The van der Waals surface area contributed by atoms with Gasteiger partial charge in [-0.3, -0.25) is 13.9 Å². The Morgan fingerprint density at radius 1 is 0.976 bits per heavy atom. The van der Waals surface area contributed by atoms with Gasteiger partial charge in [0, 0.05) is 23.1 Å². The van der Waals surface area contributed by atoms with E-state index >= 15 is 0 Å². The highest BCUT2D eigenvalue weighted by molar-refractivity contribution is 7.92. The van der Waals surface area contributed by atoms with E-state index in [4.69, 9.17) is 23.2 Å². The van der Waals surface area contributed by atoms with Crippen LogP contribution in [0.3, 0.4) is 0 Å². The molecule has 7 nitrogen and oxygen atoms in total. The summed E-state index contributed by atoms with van der Waals surface area (Å²) in [6.45, 7) is 5.35. The number of unbranched alkanes of at least 4 members (excludes halogenated alkanes) is 1. The van der Waals surface area contributed by atoms with Gasteiger partial charge in [0.25, 0.3) is 10.0 Å². The molecule has 2 amide bonds. The molecule has 0 radical (unpaired) electrons. The zero-order valence-corrected chi connectivity index (χ0v) is 25.6. The van der Waals surface area contributed by atoms with Crippen molar-refractivity contribution in [1.82, 2.24) is 10.2 Å². The SMILES string of the molecule is CCCCNC(=O)[C@@H](CC)N(Cc1ccc(Cl)cc1Cl)C(=O)CN(c1ccc(F)cc1)S(=O)(=O)c1ccc(C)cc1. The number of hydrogen-bond acceptors (Lipinski definition) is 4. The van der Waals surface area contributed by atoms with Crippen LogP contribution in [0.2, 0.25) is 10.0 Å². The summed E-state index contributed by atoms with van der Waals surface area (Å²) in [7, 11) is -4.25. The third-order valence-corrected chi connectivity index (χ3v) is 8.95. The molecule has 0 spiro atoms. The van der Waals surface area contributed by atoms with Crippen molar-refractivity contribution in [2.45, 2.75) is 57.5 Å². The summed E-state index contributed by atoms with van der Waals surface area (Å²) in [6, 6.07) is 15.0. The predicted molar refractivity (Wildman–Crippen MR) is 161 cm³/mol. The normalized spacial score (nSPS) is 12.0. The molecule has 0 fully saturated rings. The lowest BCUT2D eigenvalue weighted by atomic mass is 10.1. The van der Waals surface area contributed by atoms with Gasteiger partial charge in [-0.05, 0) is 73.9 Å². The first-order chi connectivity index (χ1) is 19.5. The second-order valence-corrected chi connectivity index (χ2v) is 12.3. The summed E-state index contributed by atoms with van der Waals surface area (Å²) in [5.41, 5.74) is 1.50. The van der Waals surface area contributed by atoms with E-state index in [-0.39, 0.29) is 29.5 Å². The van der Waals surface area contributed by atoms with Crippen molar-refractivity contribution in [2.24, 2.45) is 0 Å². The molecule has 0 aromatic heterocycles. The maximum Gasteiger partial charge on any atom is 0.264 e. The van der Waals surface area contributed by atoms with Gasteiger partial charge in [-0.2, -0.15) is 0 Å². The van der Waals surface area contributed by atoms with Crippen molar-refractivity contribution in [3.63, 3.8) is 0 Å². The molecule has 0 aliphatic carbocycles. The third-order valence-electron chi connectivity index (χ3n) is 6.57. The minimum atomic E-state index is -4.25. The van der Waals surface area contributed by atoms with Gasteiger partial charge in [0.05, 0.1) is 10.6 Å². The molecular formula is C30H34Cl2FN3O4S. The van der Waals surface area contributed by atoms with Crippen LogP contribution in [0.1, 0.15) is 44.2 Å². The molecule has 3 aromatic carbocycles. The summed E-state index contributed by atoms with van der Waals surface area (Å²) in [5.74, 6) is -1.54. The highest BCUT2D eigenvalue weighted by Gasteiger charge is 2.34. The number of carbonyl (C=O) groups is 2. The van der Waals surface area contributed by atoms with Gasteiger partial charge in [-0.25, -0.2) is 12.8 Å². The van der Waals surface area contributed by atoms with E-state index in [0.29, 0.717) is 22.2 Å². The zero-order valence-electron chi connectivity index (χ0n) is 23.2. The lowest BCUT2D eigenvalue weighted by molar-refractivity contribution is -0.140. The number of amides is 2. The topological polar surface area (TPSA) is 86.8 Å². The second-order valence-electron chi connectivity index (χ2n) is 9.63. The Labute approximate surface area is 251 Å². The second kappa shape index (κ2) is 14.7. The van der Waals surface area contributed by atoms with Crippen molar-refractivity contribution in [3.05, 3.63) is 93.7 Å². The fourth-order valence-corrected chi connectivity index (χ4v) is 6.12. The van der Waals surface area contributed by atoms with E-state index < -0.39 is 34.3 Å². The summed E-state index contributed by atoms with van der Waals surface area (Å²) in [6.07, 6.45) is 1.92. The van der Waals surface area contributed by atoms with Gasteiger partial charge in [-0.1, -0.05) is 67.2 Å². The van der Waals surface area contributed by atoms with Crippen LogP contribution in [-0.4, -0.2) is 44.3 Å². The number of nitrogens with zero attached hydrogens (tertiary/aromatic N) is 2. The van der Waals surface area contributed by atoms with Crippen molar-refractivity contribution in [3.8, 4) is 0 Å². The molecule has 0 heterocycles. The van der Waals surface area contributed by atoms with Crippen LogP contribution in [0.15, 0.2) is 71.6 Å². The highest BCUT2D eigenvalue weighted by Crippen LogP contribution is 2.27. The summed E-state index contributed by atoms with van der Waals surface area (Å²) < 4.78 is 42.4. The zero-order chi connectivity index (χ0) is 30.2. The largest absolute Gasteiger partial charge is 0.354 e. The third kappa shape index (κ3) is 8.44.